The van der Waals surface area contributed by atoms with Gasteiger partial charge in [0.05, 0.1) is 12.1 Å². The predicted molar refractivity (Wildman–Crippen MR) is 111 cm³/mol. The highest BCUT2D eigenvalue weighted by molar-refractivity contribution is 5.84. The van der Waals surface area contributed by atoms with E-state index >= 15 is 0 Å². The van der Waals surface area contributed by atoms with Crippen LogP contribution in [0.15, 0.2) is 29.3 Å². The van der Waals surface area contributed by atoms with Gasteiger partial charge in [0.15, 0.2) is 5.96 Å². The Morgan fingerprint density at radius 2 is 1.96 bits per heavy atom. The van der Waals surface area contributed by atoms with Crippen molar-refractivity contribution < 1.29 is 9.90 Å². The molecule has 7 nitrogen and oxygen atoms in total. The summed E-state index contributed by atoms with van der Waals surface area (Å²) in [6.07, 6.45) is 1.59. The minimum atomic E-state index is -0.896. The fourth-order valence-corrected chi connectivity index (χ4v) is 4.10. The lowest BCUT2D eigenvalue weighted by atomic mass is 9.96. The van der Waals surface area contributed by atoms with Gasteiger partial charge in [0, 0.05) is 32.7 Å². The lowest BCUT2D eigenvalue weighted by molar-refractivity contribution is -0.129. The van der Waals surface area contributed by atoms with Crippen LogP contribution < -0.4 is 11.1 Å². The molecule has 1 aromatic rings. The third-order valence-corrected chi connectivity index (χ3v) is 6.12. The van der Waals surface area contributed by atoms with Crippen molar-refractivity contribution in [1.29, 1.82) is 0 Å². The summed E-state index contributed by atoms with van der Waals surface area (Å²) in [5.41, 5.74) is 6.23. The highest BCUT2D eigenvalue weighted by Crippen LogP contribution is 2.36. The highest BCUT2D eigenvalue weighted by atomic mass is 16.3. The molecule has 1 aliphatic heterocycles. The first kappa shape index (κ1) is 20.6. The summed E-state index contributed by atoms with van der Waals surface area (Å²) in [6, 6.07) is 8.09. The number of hydrogen-bond acceptors (Lipinski definition) is 4. The molecule has 3 rings (SSSR count). The number of carbonyl (C=O) groups is 1. The topological polar surface area (TPSA) is 94.2 Å². The first-order chi connectivity index (χ1) is 13.3. The quantitative estimate of drug-likeness (QED) is 0.510. The van der Waals surface area contributed by atoms with E-state index in [2.05, 4.69) is 21.2 Å². The fraction of sp³-hybridized carbons (Fsp3) is 0.619. The van der Waals surface area contributed by atoms with E-state index in [0.717, 1.165) is 50.7 Å². The first-order valence-corrected chi connectivity index (χ1v) is 10.2. The third-order valence-electron chi connectivity index (χ3n) is 6.12. The summed E-state index contributed by atoms with van der Waals surface area (Å²) in [5.74, 6) is 0.514. The van der Waals surface area contributed by atoms with Gasteiger partial charge in [-0.3, -0.25) is 9.69 Å². The molecule has 1 amide bonds. The number of carbonyl (C=O) groups excluding carboxylic acids is 1. The van der Waals surface area contributed by atoms with Crippen molar-refractivity contribution in [2.45, 2.75) is 44.8 Å². The summed E-state index contributed by atoms with van der Waals surface area (Å²) >= 11 is 0. The number of guanidine groups is 1. The Kier molecular flexibility index (Phi) is 5.95. The smallest absolute Gasteiger partial charge is 0.237 e. The Morgan fingerprint density at radius 1 is 1.29 bits per heavy atom. The molecular weight excluding hydrogens is 354 g/mol. The van der Waals surface area contributed by atoms with Gasteiger partial charge >= 0.3 is 0 Å². The zero-order valence-electron chi connectivity index (χ0n) is 17.2. The van der Waals surface area contributed by atoms with Crippen LogP contribution >= 0.6 is 0 Å². The Morgan fingerprint density at radius 3 is 2.61 bits per heavy atom. The maximum atomic E-state index is 11.7. The van der Waals surface area contributed by atoms with Crippen LogP contribution in [0, 0.1) is 0 Å². The van der Waals surface area contributed by atoms with Crippen molar-refractivity contribution in [3.8, 4) is 0 Å². The van der Waals surface area contributed by atoms with E-state index in [-0.39, 0.29) is 5.91 Å². The van der Waals surface area contributed by atoms with Gasteiger partial charge in [0.2, 0.25) is 5.91 Å². The van der Waals surface area contributed by atoms with Crippen LogP contribution in [0.5, 0.6) is 0 Å². The summed E-state index contributed by atoms with van der Waals surface area (Å²) < 4.78 is 0. The molecule has 0 aromatic heterocycles. The number of amides is 1. The lowest BCUT2D eigenvalue weighted by Gasteiger charge is -2.43. The van der Waals surface area contributed by atoms with Gasteiger partial charge in [-0.2, -0.15) is 0 Å². The van der Waals surface area contributed by atoms with Crippen molar-refractivity contribution in [3.63, 3.8) is 0 Å². The SMILES string of the molecule is CCNC(=NCC1(O)CCc2ccccc21)N1CCN(C(C)(C)C(N)=O)CC1. The van der Waals surface area contributed by atoms with Gasteiger partial charge in [0.1, 0.15) is 5.60 Å². The van der Waals surface area contributed by atoms with Crippen molar-refractivity contribution in [1.82, 2.24) is 15.1 Å². The number of fused-ring (bicyclic) bond motifs is 1. The minimum Gasteiger partial charge on any atom is -0.383 e. The van der Waals surface area contributed by atoms with E-state index in [1.54, 1.807) is 0 Å². The van der Waals surface area contributed by atoms with E-state index in [0.29, 0.717) is 13.0 Å². The van der Waals surface area contributed by atoms with Gasteiger partial charge < -0.3 is 21.1 Å². The Hall–Kier alpha value is -2.12. The van der Waals surface area contributed by atoms with Crippen molar-refractivity contribution >= 4 is 11.9 Å². The summed E-state index contributed by atoms with van der Waals surface area (Å²) in [4.78, 5) is 20.8. The van der Waals surface area contributed by atoms with Gasteiger partial charge in [-0.1, -0.05) is 24.3 Å². The van der Waals surface area contributed by atoms with Crippen molar-refractivity contribution in [2.75, 3.05) is 39.3 Å². The molecule has 1 fully saturated rings. The van der Waals surface area contributed by atoms with Gasteiger partial charge in [-0.25, -0.2) is 4.99 Å². The molecular formula is C21H33N5O2. The number of aliphatic hydroxyl groups is 1. The number of nitrogens with zero attached hydrogens (tertiary/aromatic N) is 3. The van der Waals surface area contributed by atoms with Gasteiger partial charge in [-0.05, 0) is 44.7 Å². The van der Waals surface area contributed by atoms with E-state index in [9.17, 15) is 9.90 Å². The second-order valence-corrected chi connectivity index (χ2v) is 8.26. The molecule has 2 aliphatic rings. The van der Waals surface area contributed by atoms with E-state index in [1.807, 2.05) is 39.0 Å². The van der Waals surface area contributed by atoms with Crippen LogP contribution in [-0.2, 0) is 16.8 Å². The molecule has 1 saturated heterocycles. The first-order valence-electron chi connectivity index (χ1n) is 10.2. The van der Waals surface area contributed by atoms with E-state index < -0.39 is 11.1 Å². The molecule has 28 heavy (non-hydrogen) atoms. The normalized spacial score (nSPS) is 23.6. The zero-order chi connectivity index (χ0) is 20.4. The third kappa shape index (κ3) is 4.00. The van der Waals surface area contributed by atoms with Crippen LogP contribution in [0.25, 0.3) is 0 Å². The number of nitrogens with two attached hydrogens (primary N) is 1. The molecule has 0 radical (unpaired) electrons. The number of aryl methyl sites for hydroxylation is 1. The molecule has 4 N–H and O–H groups in total. The number of rotatable bonds is 5. The summed E-state index contributed by atoms with van der Waals surface area (Å²) in [6.45, 7) is 9.91. The highest BCUT2D eigenvalue weighted by Gasteiger charge is 2.37. The maximum absolute atomic E-state index is 11.7. The molecule has 1 aliphatic carbocycles. The molecule has 1 unspecified atom stereocenters. The number of hydrogen-bond donors (Lipinski definition) is 3. The fourth-order valence-electron chi connectivity index (χ4n) is 4.10. The van der Waals surface area contributed by atoms with Gasteiger partial charge in [-0.15, -0.1) is 0 Å². The summed E-state index contributed by atoms with van der Waals surface area (Å²) in [7, 11) is 0. The van der Waals surface area contributed by atoms with Crippen LogP contribution in [-0.4, -0.2) is 71.6 Å². The monoisotopic (exact) mass is 387 g/mol. The average Bonchev–Trinajstić information content (AvgIpc) is 3.03. The number of benzene rings is 1. The molecule has 1 atom stereocenters. The van der Waals surface area contributed by atoms with Crippen LogP contribution in [0.2, 0.25) is 0 Å². The second-order valence-electron chi connectivity index (χ2n) is 8.26. The second kappa shape index (κ2) is 8.09. The average molecular weight is 388 g/mol. The number of nitrogens with one attached hydrogen (secondary N) is 1. The Balaban J connectivity index is 1.69. The van der Waals surface area contributed by atoms with Crippen LogP contribution in [0.3, 0.4) is 0 Å². The molecule has 0 spiro atoms. The molecule has 1 aromatic carbocycles. The van der Waals surface area contributed by atoms with Crippen molar-refractivity contribution in [2.24, 2.45) is 10.7 Å². The Bertz CT molecular complexity index is 740. The maximum Gasteiger partial charge on any atom is 0.237 e. The lowest BCUT2D eigenvalue weighted by Crippen LogP contribution is -2.61. The van der Waals surface area contributed by atoms with Crippen molar-refractivity contribution in [3.05, 3.63) is 35.4 Å². The van der Waals surface area contributed by atoms with Crippen LogP contribution in [0.4, 0.5) is 0 Å². The molecule has 0 saturated carbocycles. The molecule has 0 bridgehead atoms. The Labute approximate surface area is 167 Å². The summed E-state index contributed by atoms with van der Waals surface area (Å²) in [5, 5.41) is 14.5. The largest absolute Gasteiger partial charge is 0.383 e. The molecule has 7 heteroatoms. The van der Waals surface area contributed by atoms with E-state index in [1.165, 1.54) is 5.56 Å². The van der Waals surface area contributed by atoms with Crippen LogP contribution in [0.1, 0.15) is 38.3 Å². The minimum absolute atomic E-state index is 0.302. The standard InChI is InChI=1S/C21H33N5O2/c1-4-23-19(25-11-13-26(14-12-25)20(2,3)18(22)27)24-15-21(28)10-9-16-7-5-6-8-17(16)21/h5-8,28H,4,9-15H2,1-3H3,(H2,22,27)(H,23,24). The number of aliphatic imine (C=N–C) groups is 1. The zero-order valence-corrected chi connectivity index (χ0v) is 17.2. The number of piperazine rings is 1. The predicted octanol–water partition coefficient (Wildman–Crippen LogP) is 0.667. The van der Waals surface area contributed by atoms with Gasteiger partial charge in [0.25, 0.3) is 0 Å². The number of primary amides is 1. The molecule has 1 heterocycles. The van der Waals surface area contributed by atoms with E-state index in [4.69, 9.17) is 10.7 Å². The molecule has 154 valence electrons.